The maximum Gasteiger partial charge on any atom is 0.142 e. The standard InChI is InChI=1S/C15H19N3O/c1-2-3-10-19-13-6-4-12(5-7-13)14-8-9-17-15(11-16)18-14/h4-9H,2-3,10-11,16H2,1H3. The quantitative estimate of drug-likeness (QED) is 0.808. The summed E-state index contributed by atoms with van der Waals surface area (Å²) in [7, 11) is 0. The smallest absolute Gasteiger partial charge is 0.142 e. The molecule has 0 saturated heterocycles. The van der Waals surface area contributed by atoms with Gasteiger partial charge in [-0.05, 0) is 36.8 Å². The van der Waals surface area contributed by atoms with E-state index in [0.717, 1.165) is 36.5 Å². The lowest BCUT2D eigenvalue weighted by Crippen LogP contribution is -2.03. The van der Waals surface area contributed by atoms with Crippen molar-refractivity contribution in [2.24, 2.45) is 5.73 Å². The van der Waals surface area contributed by atoms with E-state index in [1.807, 2.05) is 30.3 Å². The van der Waals surface area contributed by atoms with Crippen molar-refractivity contribution in [2.75, 3.05) is 6.61 Å². The Labute approximate surface area is 113 Å². The number of ether oxygens (including phenoxy) is 1. The summed E-state index contributed by atoms with van der Waals surface area (Å²) in [6.45, 7) is 3.27. The fourth-order valence-electron chi connectivity index (χ4n) is 1.71. The molecule has 2 aromatic rings. The predicted molar refractivity (Wildman–Crippen MR) is 75.8 cm³/mol. The van der Waals surface area contributed by atoms with Crippen LogP contribution in [-0.4, -0.2) is 16.6 Å². The highest BCUT2D eigenvalue weighted by atomic mass is 16.5. The van der Waals surface area contributed by atoms with Gasteiger partial charge in [0.05, 0.1) is 18.8 Å². The van der Waals surface area contributed by atoms with Crippen LogP contribution >= 0.6 is 0 Å². The number of unbranched alkanes of at least 4 members (excludes halogenated alkanes) is 1. The molecule has 0 amide bonds. The average molecular weight is 257 g/mol. The molecule has 0 spiro atoms. The Morgan fingerprint density at radius 2 is 1.95 bits per heavy atom. The van der Waals surface area contributed by atoms with Crippen LogP contribution in [-0.2, 0) is 6.54 Å². The van der Waals surface area contributed by atoms with Crippen molar-refractivity contribution >= 4 is 0 Å². The van der Waals surface area contributed by atoms with Crippen LogP contribution in [0.2, 0.25) is 0 Å². The Bertz CT molecular complexity index is 511. The molecule has 2 N–H and O–H groups in total. The fourth-order valence-corrected chi connectivity index (χ4v) is 1.71. The SMILES string of the molecule is CCCCOc1ccc(-c2ccnc(CN)n2)cc1. The molecule has 0 saturated carbocycles. The van der Waals surface area contributed by atoms with E-state index < -0.39 is 0 Å². The van der Waals surface area contributed by atoms with Crippen molar-refractivity contribution in [3.05, 3.63) is 42.4 Å². The van der Waals surface area contributed by atoms with Gasteiger partial charge in [-0.1, -0.05) is 13.3 Å². The van der Waals surface area contributed by atoms with E-state index in [1.54, 1.807) is 6.20 Å². The van der Waals surface area contributed by atoms with Crippen LogP contribution in [0, 0.1) is 0 Å². The molecule has 2 rings (SSSR count). The van der Waals surface area contributed by atoms with Crippen molar-refractivity contribution in [3.8, 4) is 17.0 Å². The zero-order valence-corrected chi connectivity index (χ0v) is 11.2. The summed E-state index contributed by atoms with van der Waals surface area (Å²) in [4.78, 5) is 8.48. The van der Waals surface area contributed by atoms with Crippen LogP contribution in [0.5, 0.6) is 5.75 Å². The first-order chi connectivity index (χ1) is 9.33. The average Bonchev–Trinajstić information content (AvgIpc) is 2.48. The van der Waals surface area contributed by atoms with Gasteiger partial charge in [0, 0.05) is 11.8 Å². The molecule has 0 unspecified atom stereocenters. The molecular formula is C15H19N3O. The molecule has 4 heteroatoms. The van der Waals surface area contributed by atoms with Gasteiger partial charge in [-0.3, -0.25) is 0 Å². The van der Waals surface area contributed by atoms with Crippen LogP contribution in [0.3, 0.4) is 0 Å². The van der Waals surface area contributed by atoms with Crippen molar-refractivity contribution < 1.29 is 4.74 Å². The highest BCUT2D eigenvalue weighted by Gasteiger charge is 2.02. The molecule has 0 aliphatic heterocycles. The van der Waals surface area contributed by atoms with Crippen LogP contribution in [0.1, 0.15) is 25.6 Å². The Hall–Kier alpha value is -1.94. The lowest BCUT2D eigenvalue weighted by molar-refractivity contribution is 0.309. The van der Waals surface area contributed by atoms with Gasteiger partial charge in [-0.15, -0.1) is 0 Å². The Balaban J connectivity index is 2.08. The van der Waals surface area contributed by atoms with Crippen molar-refractivity contribution in [1.82, 2.24) is 9.97 Å². The molecule has 0 atom stereocenters. The first-order valence-electron chi connectivity index (χ1n) is 6.58. The van der Waals surface area contributed by atoms with Gasteiger partial charge in [0.2, 0.25) is 0 Å². The molecule has 1 heterocycles. The number of aromatic nitrogens is 2. The number of nitrogens with two attached hydrogens (primary N) is 1. The minimum atomic E-state index is 0.353. The van der Waals surface area contributed by atoms with Crippen LogP contribution in [0.4, 0.5) is 0 Å². The van der Waals surface area contributed by atoms with Gasteiger partial charge in [-0.25, -0.2) is 9.97 Å². The lowest BCUT2D eigenvalue weighted by Gasteiger charge is -2.06. The van der Waals surface area contributed by atoms with Gasteiger partial charge in [0.1, 0.15) is 11.6 Å². The summed E-state index contributed by atoms with van der Waals surface area (Å²) in [6, 6.07) is 9.82. The third kappa shape index (κ3) is 3.76. The maximum atomic E-state index is 5.63. The normalized spacial score (nSPS) is 10.4. The minimum absolute atomic E-state index is 0.353. The Morgan fingerprint density at radius 1 is 1.16 bits per heavy atom. The van der Waals surface area contributed by atoms with Crippen molar-refractivity contribution in [3.63, 3.8) is 0 Å². The highest BCUT2D eigenvalue weighted by Crippen LogP contribution is 2.20. The van der Waals surface area contributed by atoms with Gasteiger partial charge in [0.25, 0.3) is 0 Å². The Kier molecular flexibility index (Phi) is 4.86. The van der Waals surface area contributed by atoms with Crippen LogP contribution in [0.25, 0.3) is 11.3 Å². The molecule has 1 aromatic heterocycles. The zero-order chi connectivity index (χ0) is 13.5. The fraction of sp³-hybridized carbons (Fsp3) is 0.333. The number of hydrogen-bond donors (Lipinski definition) is 1. The van der Waals surface area contributed by atoms with E-state index in [2.05, 4.69) is 16.9 Å². The molecule has 0 fully saturated rings. The third-order valence-corrected chi connectivity index (χ3v) is 2.80. The maximum absolute atomic E-state index is 5.63. The van der Waals surface area contributed by atoms with E-state index in [1.165, 1.54) is 0 Å². The van der Waals surface area contributed by atoms with E-state index in [9.17, 15) is 0 Å². The molecule has 100 valence electrons. The molecule has 1 aromatic carbocycles. The minimum Gasteiger partial charge on any atom is -0.494 e. The zero-order valence-electron chi connectivity index (χ0n) is 11.2. The second-order valence-corrected chi connectivity index (χ2v) is 4.29. The van der Waals surface area contributed by atoms with E-state index in [0.29, 0.717) is 12.4 Å². The molecule has 4 nitrogen and oxygen atoms in total. The summed E-state index contributed by atoms with van der Waals surface area (Å²) in [5.41, 5.74) is 7.47. The molecular weight excluding hydrogens is 238 g/mol. The first kappa shape index (κ1) is 13.5. The number of nitrogens with zero attached hydrogens (tertiary/aromatic N) is 2. The Morgan fingerprint density at radius 3 is 2.63 bits per heavy atom. The molecule has 0 aliphatic rings. The first-order valence-corrected chi connectivity index (χ1v) is 6.58. The molecule has 0 radical (unpaired) electrons. The van der Waals surface area contributed by atoms with E-state index in [4.69, 9.17) is 10.5 Å². The van der Waals surface area contributed by atoms with E-state index >= 15 is 0 Å². The van der Waals surface area contributed by atoms with Gasteiger partial charge >= 0.3 is 0 Å². The summed E-state index contributed by atoms with van der Waals surface area (Å²) in [6.07, 6.45) is 3.95. The summed E-state index contributed by atoms with van der Waals surface area (Å²) in [5, 5.41) is 0. The number of hydrogen-bond acceptors (Lipinski definition) is 4. The monoisotopic (exact) mass is 257 g/mol. The molecule has 0 aliphatic carbocycles. The highest BCUT2D eigenvalue weighted by molar-refractivity contribution is 5.59. The van der Waals surface area contributed by atoms with Crippen molar-refractivity contribution in [1.29, 1.82) is 0 Å². The van der Waals surface area contributed by atoms with Crippen LogP contribution in [0.15, 0.2) is 36.5 Å². The number of rotatable bonds is 6. The van der Waals surface area contributed by atoms with E-state index in [-0.39, 0.29) is 0 Å². The summed E-state index contributed by atoms with van der Waals surface area (Å²) >= 11 is 0. The molecule has 0 bridgehead atoms. The topological polar surface area (TPSA) is 61.0 Å². The second kappa shape index (κ2) is 6.85. The predicted octanol–water partition coefficient (Wildman–Crippen LogP) is 2.78. The summed E-state index contributed by atoms with van der Waals surface area (Å²) < 4.78 is 5.63. The third-order valence-electron chi connectivity index (χ3n) is 2.80. The van der Waals surface area contributed by atoms with Gasteiger partial charge in [-0.2, -0.15) is 0 Å². The van der Waals surface area contributed by atoms with Gasteiger partial charge in [0.15, 0.2) is 0 Å². The number of benzene rings is 1. The van der Waals surface area contributed by atoms with Crippen LogP contribution < -0.4 is 10.5 Å². The van der Waals surface area contributed by atoms with Gasteiger partial charge < -0.3 is 10.5 Å². The largest absolute Gasteiger partial charge is 0.494 e. The summed E-state index contributed by atoms with van der Waals surface area (Å²) in [5.74, 6) is 1.55. The molecule has 19 heavy (non-hydrogen) atoms. The second-order valence-electron chi connectivity index (χ2n) is 4.29. The van der Waals surface area contributed by atoms with Crippen molar-refractivity contribution in [2.45, 2.75) is 26.3 Å². The lowest BCUT2D eigenvalue weighted by atomic mass is 10.1.